The van der Waals surface area contributed by atoms with E-state index < -0.39 is 62.7 Å². The lowest BCUT2D eigenvalue weighted by Gasteiger charge is -2.37. The molecule has 0 fully saturated rings. The number of amides is 8. The number of imide groups is 1. The van der Waals surface area contributed by atoms with Crippen LogP contribution in [0, 0.1) is 27.1 Å². The summed E-state index contributed by atoms with van der Waals surface area (Å²) in [6.45, 7) is 37.3. The number of carbonyl (C=O) groups is 8. The fraction of sp³-hybridized carbons (Fsp3) is 0.815. The number of carbonyl (C=O) groups excluding carboxylic acids is 8. The Bertz CT molecular complexity index is 1880. The molecular weight excluding hydrogens is 939 g/mol. The van der Waals surface area contributed by atoms with E-state index in [9.17, 15) is 38.4 Å². The van der Waals surface area contributed by atoms with Crippen LogP contribution in [0.15, 0.2) is 12.2 Å². The van der Waals surface area contributed by atoms with Gasteiger partial charge in [0.15, 0.2) is 0 Å². The van der Waals surface area contributed by atoms with Gasteiger partial charge >= 0.3 is 0 Å². The van der Waals surface area contributed by atoms with Crippen molar-refractivity contribution in [1.82, 2.24) is 36.8 Å². The molecule has 1 rings (SSSR count). The van der Waals surface area contributed by atoms with E-state index in [-0.39, 0.29) is 126 Å². The van der Waals surface area contributed by atoms with Gasteiger partial charge in [0.25, 0.3) is 11.8 Å². The lowest BCUT2D eigenvalue weighted by atomic mass is 9.75. The number of hydrogen-bond acceptors (Lipinski definition) is 12. The molecule has 19 heteroatoms. The van der Waals surface area contributed by atoms with Crippen LogP contribution in [-0.2, 0) is 57.3 Å². The van der Waals surface area contributed by atoms with Gasteiger partial charge in [-0.2, -0.15) is 0 Å². The van der Waals surface area contributed by atoms with Gasteiger partial charge in [0.1, 0.15) is 6.04 Å². The molecular formula is C54H97N7O12. The van der Waals surface area contributed by atoms with Crippen molar-refractivity contribution < 1.29 is 57.3 Å². The maximum atomic E-state index is 13.8. The van der Waals surface area contributed by atoms with Gasteiger partial charge in [-0.3, -0.25) is 43.3 Å². The van der Waals surface area contributed by atoms with Gasteiger partial charge in [-0.05, 0) is 71.6 Å². The average Bonchev–Trinajstić information content (AvgIpc) is 3.56. The maximum absolute atomic E-state index is 13.8. The quantitative estimate of drug-likeness (QED) is 0.0373. The van der Waals surface area contributed by atoms with Crippen molar-refractivity contribution in [3.63, 3.8) is 0 Å². The normalized spacial score (nSPS) is 14.5. The van der Waals surface area contributed by atoms with Gasteiger partial charge < -0.3 is 50.8 Å². The predicted molar refractivity (Wildman–Crippen MR) is 282 cm³/mol. The summed E-state index contributed by atoms with van der Waals surface area (Å²) in [4.78, 5) is 103. The van der Waals surface area contributed by atoms with E-state index in [2.05, 4.69) is 73.4 Å². The van der Waals surface area contributed by atoms with Crippen molar-refractivity contribution in [3.8, 4) is 0 Å². The summed E-state index contributed by atoms with van der Waals surface area (Å²) in [6.07, 6.45) is 3.56. The number of ether oxygens (including phenoxy) is 4. The Morgan fingerprint density at radius 2 is 0.986 bits per heavy atom. The first kappa shape index (κ1) is 66.6. The molecule has 1 heterocycles. The minimum Gasteiger partial charge on any atom is -0.379 e. The third kappa shape index (κ3) is 29.3. The minimum atomic E-state index is -1.06. The number of nitrogens with one attached hydrogen (secondary N) is 6. The average molecular weight is 1040 g/mol. The highest BCUT2D eigenvalue weighted by Crippen LogP contribution is 2.34. The second kappa shape index (κ2) is 28.4. The van der Waals surface area contributed by atoms with Crippen LogP contribution >= 0.6 is 0 Å². The molecule has 0 bridgehead atoms. The first-order valence-corrected chi connectivity index (χ1v) is 25.9. The molecule has 0 aliphatic carbocycles. The highest BCUT2D eigenvalue weighted by molar-refractivity contribution is 6.13. The van der Waals surface area contributed by atoms with E-state index in [0.717, 1.165) is 17.1 Å². The van der Waals surface area contributed by atoms with Crippen LogP contribution in [0.5, 0.6) is 0 Å². The summed E-state index contributed by atoms with van der Waals surface area (Å²) in [7, 11) is 0. The van der Waals surface area contributed by atoms with E-state index in [4.69, 9.17) is 18.9 Å². The molecule has 1 atom stereocenters. The molecule has 0 aromatic carbocycles. The topological polar surface area (TPSA) is 249 Å². The standard InChI is InChI=1S/C54H97N7O12/c1-47(2,3)31-50(9,10)45(68)58-34-52(13,14)72-37-49(7,8)33-57-44(67)38(60-41(64)24-27-70-29-30-71-28-25-55-40(63)23-26-61-42(65)21-22-43(61)66)19-20-39(62)56-35-53(15,16)73-54(17,18)36-59-46(69)51(11,12)32-48(4,5)6/h21-22,38H,19-20,23-37H2,1-18H3,(H,55,63)(H,56,62)(H,57,67)(H,58,68)(H,59,69)(H,60,64)/t38-/m0/s1. The van der Waals surface area contributed by atoms with Gasteiger partial charge in [-0.1, -0.05) is 83.1 Å². The molecule has 0 unspecified atom stereocenters. The van der Waals surface area contributed by atoms with Gasteiger partial charge in [0.05, 0.1) is 49.8 Å². The SMILES string of the molecule is CC(C)(C)CC(C)(C)C(=O)NCC(C)(C)OCC(C)(C)CNC(=O)[C@H](CCC(=O)NCC(C)(C)OC(C)(C)CNC(=O)C(C)(C)CC(C)(C)C)NC(=O)CCOCCOCCNC(=O)CCN1C(=O)C=CC1=O. The molecule has 0 saturated carbocycles. The van der Waals surface area contributed by atoms with Gasteiger partial charge in [-0.15, -0.1) is 0 Å². The Labute approximate surface area is 437 Å². The zero-order valence-corrected chi connectivity index (χ0v) is 48.1. The maximum Gasteiger partial charge on any atom is 0.253 e. The molecule has 0 saturated heterocycles. The molecule has 19 nitrogen and oxygen atoms in total. The van der Waals surface area contributed by atoms with E-state index in [1.165, 1.54) is 0 Å². The predicted octanol–water partition coefficient (Wildman–Crippen LogP) is 4.89. The molecule has 0 aromatic heterocycles. The first-order valence-electron chi connectivity index (χ1n) is 25.9. The fourth-order valence-corrected chi connectivity index (χ4v) is 8.55. The first-order chi connectivity index (χ1) is 33.2. The third-order valence-corrected chi connectivity index (χ3v) is 11.6. The van der Waals surface area contributed by atoms with Crippen molar-refractivity contribution in [3.05, 3.63) is 12.2 Å². The van der Waals surface area contributed by atoms with Crippen LogP contribution in [0.4, 0.5) is 0 Å². The van der Waals surface area contributed by atoms with E-state index in [1.807, 2.05) is 83.1 Å². The second-order valence-corrected chi connectivity index (χ2v) is 25.8. The van der Waals surface area contributed by atoms with Crippen LogP contribution in [0.2, 0.25) is 0 Å². The molecule has 1 aliphatic rings. The summed E-state index contributed by atoms with van der Waals surface area (Å²) >= 11 is 0. The molecule has 0 spiro atoms. The monoisotopic (exact) mass is 1040 g/mol. The summed E-state index contributed by atoms with van der Waals surface area (Å²) in [6, 6.07) is -1.06. The van der Waals surface area contributed by atoms with Crippen LogP contribution < -0.4 is 31.9 Å². The minimum absolute atomic E-state index is 0.00125. The number of rotatable bonds is 34. The Morgan fingerprint density at radius 3 is 1.49 bits per heavy atom. The Kier molecular flexibility index (Phi) is 25.9. The van der Waals surface area contributed by atoms with Crippen molar-refractivity contribution in [2.24, 2.45) is 27.1 Å². The fourth-order valence-electron chi connectivity index (χ4n) is 8.55. The molecule has 8 amide bonds. The molecule has 0 radical (unpaired) electrons. The van der Waals surface area contributed by atoms with Crippen molar-refractivity contribution in [2.75, 3.05) is 72.3 Å². The lowest BCUT2D eigenvalue weighted by Crippen LogP contribution is -2.52. The Balaban J connectivity index is 2.82. The van der Waals surface area contributed by atoms with Crippen molar-refractivity contribution in [1.29, 1.82) is 0 Å². The van der Waals surface area contributed by atoms with Crippen LogP contribution in [-0.4, -0.2) is 147 Å². The van der Waals surface area contributed by atoms with Gasteiger partial charge in [0.2, 0.25) is 35.4 Å². The largest absolute Gasteiger partial charge is 0.379 e. The summed E-state index contributed by atoms with van der Waals surface area (Å²) in [5, 5.41) is 17.4. The molecule has 0 aromatic rings. The van der Waals surface area contributed by atoms with E-state index in [0.29, 0.717) is 19.4 Å². The Morgan fingerprint density at radius 1 is 0.521 bits per heavy atom. The van der Waals surface area contributed by atoms with E-state index in [1.54, 1.807) is 0 Å². The van der Waals surface area contributed by atoms with Crippen LogP contribution in [0.3, 0.4) is 0 Å². The van der Waals surface area contributed by atoms with Crippen LogP contribution in [0.1, 0.15) is 163 Å². The smallest absolute Gasteiger partial charge is 0.253 e. The van der Waals surface area contributed by atoms with Crippen LogP contribution in [0.25, 0.3) is 0 Å². The van der Waals surface area contributed by atoms with Crippen molar-refractivity contribution >= 4 is 47.3 Å². The summed E-state index contributed by atoms with van der Waals surface area (Å²) in [5.74, 6) is -2.63. The van der Waals surface area contributed by atoms with E-state index >= 15 is 0 Å². The molecule has 6 N–H and O–H groups in total. The second-order valence-electron chi connectivity index (χ2n) is 25.8. The van der Waals surface area contributed by atoms with Gasteiger partial charge in [0, 0.05) is 86.9 Å². The van der Waals surface area contributed by atoms with Crippen molar-refractivity contribution in [2.45, 2.75) is 186 Å². The summed E-state index contributed by atoms with van der Waals surface area (Å²) in [5.41, 5.74) is -4.05. The zero-order valence-electron chi connectivity index (χ0n) is 48.1. The molecule has 420 valence electrons. The zero-order chi connectivity index (χ0) is 56.3. The Hall–Kier alpha value is -4.46. The van der Waals surface area contributed by atoms with Gasteiger partial charge in [-0.25, -0.2) is 0 Å². The number of nitrogens with zero attached hydrogens (tertiary/aromatic N) is 1. The highest BCUT2D eigenvalue weighted by atomic mass is 16.5. The molecule has 1 aliphatic heterocycles. The lowest BCUT2D eigenvalue weighted by molar-refractivity contribution is -0.140. The third-order valence-electron chi connectivity index (χ3n) is 11.6. The molecule has 73 heavy (non-hydrogen) atoms. The number of hydrogen-bond donors (Lipinski definition) is 6. The summed E-state index contributed by atoms with van der Waals surface area (Å²) < 4.78 is 23.7. The highest BCUT2D eigenvalue weighted by Gasteiger charge is 2.37.